The maximum absolute atomic E-state index is 5.25. The molecule has 3 atom stereocenters. The third-order valence-corrected chi connectivity index (χ3v) is 4.05. The lowest BCUT2D eigenvalue weighted by Crippen LogP contribution is -2.39. The molecule has 0 aromatic heterocycles. The molecule has 2 aliphatic rings. The molecule has 2 nitrogen and oxygen atoms in total. The summed E-state index contributed by atoms with van der Waals surface area (Å²) in [7, 11) is 0. The first-order valence-electron chi connectivity index (χ1n) is 6.49. The van der Waals surface area contributed by atoms with Gasteiger partial charge in [-0.05, 0) is 49.2 Å². The number of hydrogen-bond donors (Lipinski definition) is 2. The Morgan fingerprint density at radius 2 is 2.19 bits per heavy atom. The zero-order chi connectivity index (χ0) is 11.4. The summed E-state index contributed by atoms with van der Waals surface area (Å²) in [6.45, 7) is 4.24. The monoisotopic (exact) mass is 238 g/mol. The van der Waals surface area contributed by atoms with Gasteiger partial charge in [0.25, 0.3) is 0 Å². The highest BCUT2D eigenvalue weighted by molar-refractivity contribution is 7.80. The van der Waals surface area contributed by atoms with Crippen molar-refractivity contribution in [1.82, 2.24) is 10.6 Å². The summed E-state index contributed by atoms with van der Waals surface area (Å²) < 4.78 is 0. The van der Waals surface area contributed by atoms with Crippen molar-refractivity contribution in [3.05, 3.63) is 12.2 Å². The topological polar surface area (TPSA) is 24.1 Å². The molecule has 2 bridgehead atoms. The minimum atomic E-state index is 0.806. The fourth-order valence-electron chi connectivity index (χ4n) is 2.79. The molecule has 2 rings (SSSR count). The summed E-state index contributed by atoms with van der Waals surface area (Å²) in [6.07, 6.45) is 9.92. The molecule has 0 aromatic carbocycles. The summed E-state index contributed by atoms with van der Waals surface area (Å²) in [5.74, 6) is 2.48. The average Bonchev–Trinajstić information content (AvgIpc) is 2.88. The molecule has 0 spiro atoms. The van der Waals surface area contributed by atoms with Crippen LogP contribution in [-0.4, -0.2) is 18.2 Å². The van der Waals surface area contributed by atoms with Gasteiger partial charge in [-0.15, -0.1) is 0 Å². The van der Waals surface area contributed by atoms with Crippen LogP contribution in [0.1, 0.15) is 32.6 Å². The van der Waals surface area contributed by atoms with Gasteiger partial charge in [-0.25, -0.2) is 0 Å². The van der Waals surface area contributed by atoms with Crippen LogP contribution in [0, 0.1) is 17.8 Å². The minimum Gasteiger partial charge on any atom is -0.363 e. The second kappa shape index (κ2) is 5.67. The van der Waals surface area contributed by atoms with Crippen LogP contribution in [0.2, 0.25) is 0 Å². The first-order valence-corrected chi connectivity index (χ1v) is 6.90. The van der Waals surface area contributed by atoms with Crippen molar-refractivity contribution in [3.63, 3.8) is 0 Å². The SMILES string of the molecule is CCCCNC(=S)NCC1CC2C=CC1C2. The molecule has 2 aliphatic carbocycles. The summed E-state index contributed by atoms with van der Waals surface area (Å²) in [6, 6.07) is 0. The Labute approximate surface area is 104 Å². The molecule has 1 saturated carbocycles. The number of rotatable bonds is 5. The van der Waals surface area contributed by atoms with Crippen LogP contribution in [0.3, 0.4) is 0 Å². The quantitative estimate of drug-likeness (QED) is 0.437. The van der Waals surface area contributed by atoms with Crippen molar-refractivity contribution in [2.75, 3.05) is 13.1 Å². The Hall–Kier alpha value is -0.570. The van der Waals surface area contributed by atoms with Crippen LogP contribution in [0.4, 0.5) is 0 Å². The minimum absolute atomic E-state index is 0.806. The van der Waals surface area contributed by atoms with Crippen molar-refractivity contribution < 1.29 is 0 Å². The molecule has 0 radical (unpaired) electrons. The highest BCUT2D eigenvalue weighted by Crippen LogP contribution is 2.42. The largest absolute Gasteiger partial charge is 0.363 e. The molecule has 1 fully saturated rings. The number of fused-ring (bicyclic) bond motifs is 2. The maximum atomic E-state index is 5.25. The normalized spacial score (nSPS) is 30.7. The van der Waals surface area contributed by atoms with Crippen molar-refractivity contribution in [1.29, 1.82) is 0 Å². The number of nitrogens with one attached hydrogen (secondary N) is 2. The lowest BCUT2D eigenvalue weighted by atomic mass is 9.94. The second-order valence-electron chi connectivity index (χ2n) is 5.03. The fraction of sp³-hybridized carbons (Fsp3) is 0.769. The summed E-state index contributed by atoms with van der Waals surface area (Å²) in [5, 5.41) is 7.44. The van der Waals surface area contributed by atoms with E-state index in [1.165, 1.54) is 25.7 Å². The molecule has 0 amide bonds. The molecule has 3 unspecified atom stereocenters. The molecule has 90 valence electrons. The fourth-order valence-corrected chi connectivity index (χ4v) is 2.98. The predicted molar refractivity (Wildman–Crippen MR) is 72.4 cm³/mol. The van der Waals surface area contributed by atoms with Crippen LogP contribution in [-0.2, 0) is 0 Å². The van der Waals surface area contributed by atoms with E-state index in [1.54, 1.807) is 0 Å². The van der Waals surface area contributed by atoms with E-state index < -0.39 is 0 Å². The van der Waals surface area contributed by atoms with Gasteiger partial charge in [0.05, 0.1) is 0 Å². The lowest BCUT2D eigenvalue weighted by molar-refractivity contribution is 0.441. The zero-order valence-electron chi connectivity index (χ0n) is 10.0. The van der Waals surface area contributed by atoms with Gasteiger partial charge in [0, 0.05) is 13.1 Å². The predicted octanol–water partition coefficient (Wildman–Crippen LogP) is 2.46. The van der Waals surface area contributed by atoms with E-state index in [-0.39, 0.29) is 0 Å². The Balaban J connectivity index is 1.61. The molecular formula is C13H22N2S. The van der Waals surface area contributed by atoms with Gasteiger partial charge < -0.3 is 10.6 Å². The molecule has 3 heteroatoms. The first kappa shape index (κ1) is 11.9. The maximum Gasteiger partial charge on any atom is 0.166 e. The third-order valence-electron chi connectivity index (χ3n) is 3.76. The number of hydrogen-bond acceptors (Lipinski definition) is 1. The van der Waals surface area contributed by atoms with Crippen molar-refractivity contribution >= 4 is 17.3 Å². The average molecular weight is 238 g/mol. The van der Waals surface area contributed by atoms with E-state index in [0.29, 0.717) is 0 Å². The van der Waals surface area contributed by atoms with E-state index in [2.05, 4.69) is 29.7 Å². The molecule has 16 heavy (non-hydrogen) atoms. The van der Waals surface area contributed by atoms with Crippen molar-refractivity contribution in [2.24, 2.45) is 17.8 Å². The second-order valence-corrected chi connectivity index (χ2v) is 5.44. The zero-order valence-corrected chi connectivity index (χ0v) is 10.9. The molecule has 0 heterocycles. The van der Waals surface area contributed by atoms with Crippen molar-refractivity contribution in [2.45, 2.75) is 32.6 Å². The van der Waals surface area contributed by atoms with Crippen LogP contribution in [0.5, 0.6) is 0 Å². The number of allylic oxidation sites excluding steroid dienone is 2. The van der Waals surface area contributed by atoms with E-state index in [4.69, 9.17) is 12.2 Å². The number of thiocarbonyl (C=S) groups is 1. The van der Waals surface area contributed by atoms with Crippen LogP contribution in [0.15, 0.2) is 12.2 Å². The van der Waals surface area contributed by atoms with Gasteiger partial charge >= 0.3 is 0 Å². The highest BCUT2D eigenvalue weighted by atomic mass is 32.1. The summed E-state index contributed by atoms with van der Waals surface area (Å²) >= 11 is 5.25. The van der Waals surface area contributed by atoms with Crippen LogP contribution < -0.4 is 10.6 Å². The Bertz CT molecular complexity index is 275. The van der Waals surface area contributed by atoms with Crippen LogP contribution in [0.25, 0.3) is 0 Å². The van der Waals surface area contributed by atoms with Gasteiger partial charge in [-0.3, -0.25) is 0 Å². The van der Waals surface area contributed by atoms with E-state index in [0.717, 1.165) is 36.0 Å². The van der Waals surface area contributed by atoms with Gasteiger partial charge in [0.15, 0.2) is 5.11 Å². The molecule has 2 N–H and O–H groups in total. The first-order chi connectivity index (χ1) is 7.79. The van der Waals surface area contributed by atoms with Gasteiger partial charge in [-0.2, -0.15) is 0 Å². The summed E-state index contributed by atoms with van der Waals surface area (Å²) in [5.41, 5.74) is 0. The molecule has 0 aliphatic heterocycles. The lowest BCUT2D eigenvalue weighted by Gasteiger charge is -2.19. The van der Waals surface area contributed by atoms with Gasteiger partial charge in [-0.1, -0.05) is 25.5 Å². The molecule has 0 aromatic rings. The number of unbranched alkanes of at least 4 members (excludes halogenated alkanes) is 1. The van der Waals surface area contributed by atoms with Gasteiger partial charge in [0.2, 0.25) is 0 Å². The third kappa shape index (κ3) is 2.97. The van der Waals surface area contributed by atoms with Crippen LogP contribution >= 0.6 is 12.2 Å². The Kier molecular flexibility index (Phi) is 4.22. The summed E-state index contributed by atoms with van der Waals surface area (Å²) in [4.78, 5) is 0. The highest BCUT2D eigenvalue weighted by Gasteiger charge is 2.35. The van der Waals surface area contributed by atoms with E-state index >= 15 is 0 Å². The van der Waals surface area contributed by atoms with Gasteiger partial charge in [0.1, 0.15) is 0 Å². The molecular weight excluding hydrogens is 216 g/mol. The standard InChI is InChI=1S/C13H22N2S/c1-2-3-6-14-13(16)15-9-12-8-10-4-5-11(12)7-10/h4-5,10-12H,2-3,6-9H2,1H3,(H2,14,15,16). The Morgan fingerprint density at radius 3 is 2.81 bits per heavy atom. The van der Waals surface area contributed by atoms with E-state index in [1.807, 2.05) is 0 Å². The molecule has 0 saturated heterocycles. The Morgan fingerprint density at radius 1 is 1.31 bits per heavy atom. The van der Waals surface area contributed by atoms with Crippen molar-refractivity contribution in [3.8, 4) is 0 Å². The van der Waals surface area contributed by atoms with E-state index in [9.17, 15) is 0 Å². The smallest absolute Gasteiger partial charge is 0.166 e.